The molecule has 3 N–H and O–H groups in total. The van der Waals surface area contributed by atoms with Gasteiger partial charge in [-0.15, -0.1) is 0 Å². The number of carboxylic acid groups (broad SMARTS) is 1. The van der Waals surface area contributed by atoms with E-state index in [4.69, 9.17) is 4.74 Å². The summed E-state index contributed by atoms with van der Waals surface area (Å²) in [6.07, 6.45) is 2.70. The zero-order chi connectivity index (χ0) is 31.4. The van der Waals surface area contributed by atoms with Crippen molar-refractivity contribution < 1.29 is 31.8 Å². The van der Waals surface area contributed by atoms with Crippen molar-refractivity contribution in [2.75, 3.05) is 23.1 Å². The Kier molecular flexibility index (Phi) is 8.90. The van der Waals surface area contributed by atoms with Crippen molar-refractivity contribution in [2.24, 2.45) is 5.92 Å². The first kappa shape index (κ1) is 30.6. The summed E-state index contributed by atoms with van der Waals surface area (Å²) in [7, 11) is -4.12. The molecule has 0 bridgehead atoms. The highest BCUT2D eigenvalue weighted by Crippen LogP contribution is 2.36. The Balaban J connectivity index is 1.37. The van der Waals surface area contributed by atoms with Gasteiger partial charge in [-0.05, 0) is 43.0 Å². The number of ether oxygens (including phenoxy) is 1. The monoisotopic (exact) mass is 624 g/mol. The molecule has 5 rings (SSSR count). The molecule has 1 aliphatic heterocycles. The van der Waals surface area contributed by atoms with E-state index in [1.54, 1.807) is 48.5 Å². The quantitative estimate of drug-likeness (QED) is 0.215. The largest absolute Gasteiger partial charge is 0.465 e. The molecule has 0 aliphatic carbocycles. The highest BCUT2D eigenvalue weighted by Gasteiger charge is 2.28. The molecule has 0 saturated carbocycles. The summed E-state index contributed by atoms with van der Waals surface area (Å²) >= 11 is 0. The second-order valence-electron chi connectivity index (χ2n) is 10.6. The standard InChI is InChI=1S/C30H30F2N6O5S/c1-18-13-21(16-38(15-18)30(39)40)35-29-34-12-10-24(36-29)22-9-6-11-33-28(22)43-25-14-23(31)27(26(32)19(25)2)37-44(41,42)17-20-7-4-3-5-8-20/h3-12,14,18,21,37H,13,15-17H2,1-2H3,(H,39,40)(H,34,35,36)/t18-,21+/m1/s1. The Morgan fingerprint density at radius 3 is 2.61 bits per heavy atom. The highest BCUT2D eigenvalue weighted by molar-refractivity contribution is 7.91. The van der Waals surface area contributed by atoms with Crippen LogP contribution in [0, 0.1) is 24.5 Å². The molecule has 2 aromatic heterocycles. The number of nitrogens with zero attached hydrogens (tertiary/aromatic N) is 4. The van der Waals surface area contributed by atoms with Gasteiger partial charge in [0.25, 0.3) is 0 Å². The number of hydrogen-bond acceptors (Lipinski definition) is 8. The number of sulfonamides is 1. The number of amides is 1. The van der Waals surface area contributed by atoms with Gasteiger partial charge in [0.15, 0.2) is 11.6 Å². The van der Waals surface area contributed by atoms with Crippen molar-refractivity contribution in [1.82, 2.24) is 19.9 Å². The Morgan fingerprint density at radius 1 is 1.09 bits per heavy atom. The summed E-state index contributed by atoms with van der Waals surface area (Å²) in [6, 6.07) is 13.9. The SMILES string of the molecule is Cc1c(Oc2ncccc2-c2ccnc(N[C@H]3C[C@@H](C)CN(C(=O)O)C3)n2)cc(F)c(NS(=O)(=O)Cc2ccccc2)c1F. The molecule has 1 fully saturated rings. The van der Waals surface area contributed by atoms with Crippen molar-refractivity contribution in [3.8, 4) is 22.9 Å². The number of piperidine rings is 1. The van der Waals surface area contributed by atoms with Crippen LogP contribution in [0.3, 0.4) is 0 Å². The van der Waals surface area contributed by atoms with Gasteiger partial charge in [-0.1, -0.05) is 37.3 Å². The smallest absolute Gasteiger partial charge is 0.407 e. The van der Waals surface area contributed by atoms with Crippen molar-refractivity contribution >= 4 is 27.8 Å². The lowest BCUT2D eigenvalue weighted by atomic mass is 9.96. The van der Waals surface area contributed by atoms with Crippen LogP contribution in [-0.2, 0) is 15.8 Å². The van der Waals surface area contributed by atoms with Crippen LogP contribution in [0.4, 0.5) is 25.2 Å². The molecule has 0 radical (unpaired) electrons. The third-order valence-electron chi connectivity index (χ3n) is 7.04. The van der Waals surface area contributed by atoms with Crippen LogP contribution in [0.1, 0.15) is 24.5 Å². The number of rotatable bonds is 9. The fourth-order valence-electron chi connectivity index (χ4n) is 5.03. The maximum absolute atomic E-state index is 15.4. The number of benzene rings is 2. The molecule has 14 heteroatoms. The summed E-state index contributed by atoms with van der Waals surface area (Å²) in [5.74, 6) is -2.55. The molecule has 230 valence electrons. The minimum Gasteiger partial charge on any atom is -0.465 e. The molecule has 2 atom stereocenters. The van der Waals surface area contributed by atoms with Crippen LogP contribution in [0.15, 0.2) is 67.0 Å². The second kappa shape index (κ2) is 12.8. The molecular weight excluding hydrogens is 594 g/mol. The van der Waals surface area contributed by atoms with Gasteiger partial charge in [0.2, 0.25) is 21.9 Å². The van der Waals surface area contributed by atoms with E-state index in [1.165, 1.54) is 24.2 Å². The van der Waals surface area contributed by atoms with Crippen molar-refractivity contribution in [1.29, 1.82) is 0 Å². The summed E-state index contributed by atoms with van der Waals surface area (Å²) < 4.78 is 63.7. The van der Waals surface area contributed by atoms with Gasteiger partial charge < -0.3 is 20.1 Å². The minimum absolute atomic E-state index is 0.000186. The van der Waals surface area contributed by atoms with E-state index in [2.05, 4.69) is 20.3 Å². The van der Waals surface area contributed by atoms with Crippen LogP contribution in [0.2, 0.25) is 0 Å². The molecular formula is C30H30F2N6O5S. The van der Waals surface area contributed by atoms with Gasteiger partial charge in [-0.3, -0.25) is 4.72 Å². The van der Waals surface area contributed by atoms with Gasteiger partial charge >= 0.3 is 6.09 Å². The number of hydrogen-bond donors (Lipinski definition) is 3. The Bertz CT molecular complexity index is 1780. The summed E-state index contributed by atoms with van der Waals surface area (Å²) in [5, 5.41) is 12.6. The average molecular weight is 625 g/mol. The third kappa shape index (κ3) is 7.19. The summed E-state index contributed by atoms with van der Waals surface area (Å²) in [4.78, 5) is 25.9. The summed E-state index contributed by atoms with van der Waals surface area (Å²) in [6.45, 7) is 4.04. The molecule has 1 amide bonds. The average Bonchev–Trinajstić information content (AvgIpc) is 2.98. The lowest BCUT2D eigenvalue weighted by Crippen LogP contribution is -2.47. The first-order valence-corrected chi connectivity index (χ1v) is 15.4. The van der Waals surface area contributed by atoms with E-state index < -0.39 is 39.2 Å². The molecule has 2 aromatic carbocycles. The normalized spacial score (nSPS) is 16.8. The summed E-state index contributed by atoms with van der Waals surface area (Å²) in [5.41, 5.74) is 0.305. The molecule has 11 nitrogen and oxygen atoms in total. The molecule has 3 heterocycles. The molecule has 1 saturated heterocycles. The molecule has 4 aromatic rings. The van der Waals surface area contributed by atoms with Crippen LogP contribution in [-0.4, -0.2) is 58.6 Å². The van der Waals surface area contributed by atoms with Crippen LogP contribution in [0.25, 0.3) is 11.3 Å². The third-order valence-corrected chi connectivity index (χ3v) is 8.27. The number of nitrogens with one attached hydrogen (secondary N) is 2. The lowest BCUT2D eigenvalue weighted by molar-refractivity contribution is 0.119. The predicted molar refractivity (Wildman–Crippen MR) is 160 cm³/mol. The van der Waals surface area contributed by atoms with Crippen molar-refractivity contribution in [3.63, 3.8) is 0 Å². The molecule has 1 aliphatic rings. The fraction of sp³-hybridized carbons (Fsp3) is 0.267. The van der Waals surface area contributed by atoms with Gasteiger partial charge in [-0.25, -0.2) is 36.9 Å². The van der Waals surface area contributed by atoms with Gasteiger partial charge in [0, 0.05) is 43.2 Å². The number of anilines is 2. The molecule has 0 spiro atoms. The minimum atomic E-state index is -4.12. The van der Waals surface area contributed by atoms with Crippen LogP contribution < -0.4 is 14.8 Å². The maximum atomic E-state index is 15.4. The first-order chi connectivity index (χ1) is 21.0. The van der Waals surface area contributed by atoms with Crippen LogP contribution in [0.5, 0.6) is 11.6 Å². The molecule has 44 heavy (non-hydrogen) atoms. The topological polar surface area (TPSA) is 147 Å². The molecule has 0 unspecified atom stereocenters. The maximum Gasteiger partial charge on any atom is 0.407 e. The Labute approximate surface area is 253 Å². The van der Waals surface area contributed by atoms with Crippen molar-refractivity contribution in [2.45, 2.75) is 32.1 Å². The van der Waals surface area contributed by atoms with Gasteiger partial charge in [0.05, 0.1) is 17.0 Å². The Hall–Kier alpha value is -4.85. The van der Waals surface area contributed by atoms with Crippen molar-refractivity contribution in [3.05, 3.63) is 89.8 Å². The lowest BCUT2D eigenvalue weighted by Gasteiger charge is -2.35. The van der Waals surface area contributed by atoms with E-state index in [0.29, 0.717) is 23.4 Å². The van der Waals surface area contributed by atoms with E-state index >= 15 is 8.78 Å². The van der Waals surface area contributed by atoms with Crippen LogP contribution >= 0.6 is 0 Å². The predicted octanol–water partition coefficient (Wildman–Crippen LogP) is 5.66. The number of carbonyl (C=O) groups is 1. The number of pyridine rings is 1. The van der Waals surface area contributed by atoms with Gasteiger partial charge in [0.1, 0.15) is 11.4 Å². The van der Waals surface area contributed by atoms with E-state index in [0.717, 1.165) is 12.5 Å². The number of halogens is 2. The number of likely N-dealkylation sites (tertiary alicyclic amines) is 1. The second-order valence-corrected chi connectivity index (χ2v) is 12.3. The van der Waals surface area contributed by atoms with E-state index in [1.807, 2.05) is 11.6 Å². The zero-order valence-electron chi connectivity index (χ0n) is 23.9. The zero-order valence-corrected chi connectivity index (χ0v) is 24.7. The van der Waals surface area contributed by atoms with E-state index in [-0.39, 0.29) is 41.6 Å². The number of aromatic nitrogens is 3. The highest BCUT2D eigenvalue weighted by atomic mass is 32.2. The fourth-order valence-corrected chi connectivity index (χ4v) is 6.23. The van der Waals surface area contributed by atoms with E-state index in [9.17, 15) is 18.3 Å². The Morgan fingerprint density at radius 2 is 1.86 bits per heavy atom. The first-order valence-electron chi connectivity index (χ1n) is 13.7. The van der Waals surface area contributed by atoms with Gasteiger partial charge in [-0.2, -0.15) is 0 Å².